The molecule has 100 valence electrons. The first kappa shape index (κ1) is 12.6. The standard InChI is InChI=1S/C14H11N3O2S/c18-14(19)17(9-10-5-3-4-8-15-10)13-16-11-6-1-2-7-12(11)20-13/h1-8H,9H2,(H,18,19). The van der Waals surface area contributed by atoms with Gasteiger partial charge in [-0.1, -0.05) is 29.5 Å². The van der Waals surface area contributed by atoms with Gasteiger partial charge >= 0.3 is 6.09 Å². The third-order valence-electron chi connectivity index (χ3n) is 2.79. The lowest BCUT2D eigenvalue weighted by molar-refractivity contribution is 0.201. The fourth-order valence-corrected chi connectivity index (χ4v) is 2.80. The average molecular weight is 285 g/mol. The maximum absolute atomic E-state index is 11.4. The first-order valence-electron chi connectivity index (χ1n) is 6.00. The molecule has 1 amide bonds. The van der Waals surface area contributed by atoms with Crippen molar-refractivity contribution in [2.24, 2.45) is 0 Å². The summed E-state index contributed by atoms with van der Waals surface area (Å²) in [6.07, 6.45) is 0.614. The van der Waals surface area contributed by atoms with Crippen molar-refractivity contribution in [3.63, 3.8) is 0 Å². The zero-order valence-electron chi connectivity index (χ0n) is 10.4. The van der Waals surface area contributed by atoms with Crippen molar-refractivity contribution in [2.45, 2.75) is 6.54 Å². The number of amides is 1. The van der Waals surface area contributed by atoms with Crippen LogP contribution in [-0.2, 0) is 6.54 Å². The van der Waals surface area contributed by atoms with Gasteiger partial charge in [-0.25, -0.2) is 14.7 Å². The largest absolute Gasteiger partial charge is 0.465 e. The Morgan fingerprint density at radius 3 is 2.70 bits per heavy atom. The zero-order valence-corrected chi connectivity index (χ0v) is 11.2. The molecule has 0 aliphatic carbocycles. The van der Waals surface area contributed by atoms with Gasteiger partial charge in [-0.15, -0.1) is 0 Å². The van der Waals surface area contributed by atoms with Gasteiger partial charge in [-0.05, 0) is 24.3 Å². The summed E-state index contributed by atoms with van der Waals surface area (Å²) in [7, 11) is 0. The summed E-state index contributed by atoms with van der Waals surface area (Å²) in [4.78, 5) is 21.2. The lowest BCUT2D eigenvalue weighted by atomic mass is 10.3. The van der Waals surface area contributed by atoms with Crippen LogP contribution in [0.2, 0.25) is 0 Å². The van der Waals surface area contributed by atoms with E-state index in [0.29, 0.717) is 10.8 Å². The Morgan fingerprint density at radius 2 is 2.00 bits per heavy atom. The second-order valence-corrected chi connectivity index (χ2v) is 5.16. The fraction of sp³-hybridized carbons (Fsp3) is 0.0714. The minimum Gasteiger partial charge on any atom is -0.465 e. The van der Waals surface area contributed by atoms with E-state index in [1.165, 1.54) is 16.2 Å². The number of rotatable bonds is 3. The molecule has 1 N–H and O–H groups in total. The van der Waals surface area contributed by atoms with Crippen LogP contribution < -0.4 is 4.90 Å². The number of benzene rings is 1. The highest BCUT2D eigenvalue weighted by Crippen LogP contribution is 2.29. The van der Waals surface area contributed by atoms with E-state index in [1.54, 1.807) is 18.3 Å². The van der Waals surface area contributed by atoms with Gasteiger partial charge in [0, 0.05) is 6.20 Å². The summed E-state index contributed by atoms with van der Waals surface area (Å²) >= 11 is 1.36. The highest BCUT2D eigenvalue weighted by Gasteiger charge is 2.19. The van der Waals surface area contributed by atoms with Crippen LogP contribution in [-0.4, -0.2) is 21.2 Å². The Labute approximate surface area is 119 Å². The van der Waals surface area contributed by atoms with Crippen molar-refractivity contribution in [3.05, 3.63) is 54.4 Å². The smallest absolute Gasteiger partial charge is 0.414 e. The number of nitrogens with zero attached hydrogens (tertiary/aromatic N) is 3. The summed E-state index contributed by atoms with van der Waals surface area (Å²) in [6.45, 7) is 0.190. The molecule has 0 aliphatic heterocycles. The molecular formula is C14H11N3O2S. The number of thiazole rings is 1. The summed E-state index contributed by atoms with van der Waals surface area (Å²) in [5, 5.41) is 9.84. The van der Waals surface area contributed by atoms with Crippen LogP contribution in [0.4, 0.5) is 9.93 Å². The number of hydrogen-bond donors (Lipinski definition) is 1. The first-order valence-corrected chi connectivity index (χ1v) is 6.81. The van der Waals surface area contributed by atoms with E-state index in [1.807, 2.05) is 30.3 Å². The van der Waals surface area contributed by atoms with E-state index in [-0.39, 0.29) is 6.54 Å². The number of carboxylic acid groups (broad SMARTS) is 1. The maximum Gasteiger partial charge on any atom is 0.414 e. The molecule has 0 saturated heterocycles. The molecule has 0 spiro atoms. The van der Waals surface area contributed by atoms with Crippen molar-refractivity contribution in [1.82, 2.24) is 9.97 Å². The minimum absolute atomic E-state index is 0.190. The van der Waals surface area contributed by atoms with E-state index in [2.05, 4.69) is 9.97 Å². The van der Waals surface area contributed by atoms with Crippen LogP contribution in [0.3, 0.4) is 0 Å². The summed E-state index contributed by atoms with van der Waals surface area (Å²) in [5.74, 6) is 0. The Morgan fingerprint density at radius 1 is 1.20 bits per heavy atom. The van der Waals surface area contributed by atoms with Crippen LogP contribution in [0.5, 0.6) is 0 Å². The molecule has 0 atom stereocenters. The number of para-hydroxylation sites is 1. The monoisotopic (exact) mass is 285 g/mol. The van der Waals surface area contributed by atoms with Gasteiger partial charge in [-0.2, -0.15) is 0 Å². The van der Waals surface area contributed by atoms with Crippen molar-refractivity contribution >= 4 is 32.8 Å². The number of carbonyl (C=O) groups is 1. The highest BCUT2D eigenvalue weighted by atomic mass is 32.1. The molecule has 2 heterocycles. The molecule has 5 nitrogen and oxygen atoms in total. The van der Waals surface area contributed by atoms with E-state index in [9.17, 15) is 9.90 Å². The maximum atomic E-state index is 11.4. The number of fused-ring (bicyclic) bond motifs is 1. The topological polar surface area (TPSA) is 66.3 Å². The molecule has 1 aromatic carbocycles. The van der Waals surface area contributed by atoms with Crippen molar-refractivity contribution in [1.29, 1.82) is 0 Å². The Hall–Kier alpha value is -2.47. The van der Waals surface area contributed by atoms with E-state index >= 15 is 0 Å². The van der Waals surface area contributed by atoms with Crippen LogP contribution in [0.15, 0.2) is 48.7 Å². The first-order chi connectivity index (χ1) is 9.74. The molecule has 0 bridgehead atoms. The van der Waals surface area contributed by atoms with Gasteiger partial charge in [0.2, 0.25) is 0 Å². The SMILES string of the molecule is O=C(O)N(Cc1ccccn1)c1nc2ccccc2s1. The zero-order chi connectivity index (χ0) is 13.9. The number of aromatic nitrogens is 2. The summed E-state index contributed by atoms with van der Waals surface area (Å²) in [5.41, 5.74) is 1.49. The van der Waals surface area contributed by atoms with E-state index in [4.69, 9.17) is 0 Å². The van der Waals surface area contributed by atoms with Gasteiger partial charge in [0.1, 0.15) is 0 Å². The molecule has 20 heavy (non-hydrogen) atoms. The predicted octanol–water partition coefficient (Wildman–Crippen LogP) is 3.38. The van der Waals surface area contributed by atoms with Crippen molar-refractivity contribution in [3.8, 4) is 0 Å². The van der Waals surface area contributed by atoms with Gasteiger partial charge in [-0.3, -0.25) is 4.98 Å². The molecule has 0 radical (unpaired) electrons. The van der Waals surface area contributed by atoms with Crippen LogP contribution in [0.25, 0.3) is 10.2 Å². The molecule has 0 saturated carbocycles. The number of hydrogen-bond acceptors (Lipinski definition) is 4. The second-order valence-electron chi connectivity index (χ2n) is 4.15. The Bertz CT molecular complexity index is 709. The van der Waals surface area contributed by atoms with Gasteiger partial charge in [0.25, 0.3) is 0 Å². The Balaban J connectivity index is 1.96. The van der Waals surface area contributed by atoms with Crippen LogP contribution in [0, 0.1) is 0 Å². The fourth-order valence-electron chi connectivity index (χ4n) is 1.85. The lowest BCUT2D eigenvalue weighted by Gasteiger charge is -2.14. The van der Waals surface area contributed by atoms with E-state index in [0.717, 1.165) is 10.2 Å². The van der Waals surface area contributed by atoms with Crippen LogP contribution >= 0.6 is 11.3 Å². The summed E-state index contributed by atoms with van der Waals surface area (Å²) in [6, 6.07) is 13.0. The van der Waals surface area contributed by atoms with Crippen molar-refractivity contribution < 1.29 is 9.90 Å². The van der Waals surface area contributed by atoms with E-state index < -0.39 is 6.09 Å². The highest BCUT2D eigenvalue weighted by molar-refractivity contribution is 7.22. The summed E-state index contributed by atoms with van der Waals surface area (Å²) < 4.78 is 0.967. The molecule has 3 aromatic rings. The molecule has 0 fully saturated rings. The van der Waals surface area contributed by atoms with Crippen molar-refractivity contribution in [2.75, 3.05) is 4.90 Å². The predicted molar refractivity (Wildman–Crippen MR) is 78.1 cm³/mol. The van der Waals surface area contributed by atoms with Gasteiger partial charge in [0.05, 0.1) is 22.5 Å². The molecule has 0 unspecified atom stereocenters. The third kappa shape index (κ3) is 2.46. The Kier molecular flexibility index (Phi) is 3.30. The van der Waals surface area contributed by atoms with Gasteiger partial charge in [0.15, 0.2) is 5.13 Å². The van der Waals surface area contributed by atoms with Gasteiger partial charge < -0.3 is 5.11 Å². The molecular weight excluding hydrogens is 274 g/mol. The lowest BCUT2D eigenvalue weighted by Crippen LogP contribution is -2.28. The number of anilines is 1. The van der Waals surface area contributed by atoms with Crippen LogP contribution in [0.1, 0.15) is 5.69 Å². The minimum atomic E-state index is -1.03. The number of pyridine rings is 1. The quantitative estimate of drug-likeness (QED) is 0.801. The third-order valence-corrected chi connectivity index (χ3v) is 3.85. The average Bonchev–Trinajstić information content (AvgIpc) is 2.89. The normalized spacial score (nSPS) is 10.6. The molecule has 0 aliphatic rings. The molecule has 6 heteroatoms. The molecule has 3 rings (SSSR count). The second kappa shape index (κ2) is 5.26. The molecule has 2 aromatic heterocycles.